The van der Waals surface area contributed by atoms with Crippen LogP contribution in [0.4, 0.5) is 0 Å². The summed E-state index contributed by atoms with van der Waals surface area (Å²) in [4.78, 5) is 41.3. The molecule has 0 spiro atoms. The van der Waals surface area contributed by atoms with Crippen LogP contribution in [0.1, 0.15) is 69.7 Å². The van der Waals surface area contributed by atoms with Gasteiger partial charge in [-0.05, 0) is 37.8 Å². The number of nitrogens with one attached hydrogen (secondary N) is 1. The fourth-order valence-corrected chi connectivity index (χ4v) is 6.01. The minimum atomic E-state index is -0.565. The quantitative estimate of drug-likeness (QED) is 0.710. The molecule has 3 heterocycles. The molecule has 1 aliphatic carbocycles. The monoisotopic (exact) mass is 441 g/mol. The zero-order valence-electron chi connectivity index (χ0n) is 19.1. The predicted octanol–water partition coefficient (Wildman–Crippen LogP) is 2.48. The van der Waals surface area contributed by atoms with Crippen LogP contribution in [0.15, 0.2) is 23.0 Å². The van der Waals surface area contributed by atoms with Gasteiger partial charge in [0.05, 0.1) is 18.0 Å². The van der Waals surface area contributed by atoms with Crippen LogP contribution in [0.5, 0.6) is 0 Å². The normalized spacial score (nSPS) is 27.5. The molecule has 7 heteroatoms. The SMILES string of the molecule is C/C=C/c1ccc2n(c1=O)C[C@H]1[C@H](CO)[C@@H](C(=O)NCC3CCCCC3)[C@@H]2N1C(=O)CC. The highest BCUT2D eigenvalue weighted by atomic mass is 16.3. The van der Waals surface area contributed by atoms with E-state index in [2.05, 4.69) is 5.32 Å². The Morgan fingerprint density at radius 2 is 1.97 bits per heavy atom. The van der Waals surface area contributed by atoms with Crippen LogP contribution >= 0.6 is 0 Å². The number of allylic oxidation sites excluding steroid dienone is 1. The summed E-state index contributed by atoms with van der Waals surface area (Å²) in [5.41, 5.74) is 1.17. The van der Waals surface area contributed by atoms with Gasteiger partial charge in [-0.15, -0.1) is 0 Å². The Kier molecular flexibility index (Phi) is 6.84. The Labute approximate surface area is 189 Å². The number of rotatable bonds is 6. The Balaban J connectivity index is 1.70. The lowest BCUT2D eigenvalue weighted by Gasteiger charge is -2.38. The first-order valence-corrected chi connectivity index (χ1v) is 12.1. The second kappa shape index (κ2) is 9.61. The van der Waals surface area contributed by atoms with Crippen LogP contribution in [0.25, 0.3) is 6.08 Å². The third-order valence-corrected chi connectivity index (χ3v) is 7.60. The van der Waals surface area contributed by atoms with Crippen molar-refractivity contribution in [3.05, 3.63) is 39.8 Å². The molecular formula is C25H35N3O4. The van der Waals surface area contributed by atoms with Gasteiger partial charge < -0.3 is 19.9 Å². The van der Waals surface area contributed by atoms with Gasteiger partial charge in [-0.3, -0.25) is 14.4 Å². The number of carbonyl (C=O) groups excluding carboxylic acids is 2. The summed E-state index contributed by atoms with van der Waals surface area (Å²) in [5, 5.41) is 13.4. The van der Waals surface area contributed by atoms with Crippen molar-refractivity contribution in [2.45, 2.75) is 71.0 Å². The van der Waals surface area contributed by atoms with E-state index >= 15 is 0 Å². The number of nitrogens with zero attached hydrogens (tertiary/aromatic N) is 2. The highest BCUT2D eigenvalue weighted by molar-refractivity contribution is 5.84. The molecule has 1 saturated carbocycles. The van der Waals surface area contributed by atoms with Gasteiger partial charge in [0.2, 0.25) is 11.8 Å². The average molecular weight is 442 g/mol. The lowest BCUT2D eigenvalue weighted by atomic mass is 9.85. The lowest BCUT2D eigenvalue weighted by molar-refractivity contribution is -0.136. The fraction of sp³-hybridized carbons (Fsp3) is 0.640. The molecule has 174 valence electrons. The molecule has 1 aromatic rings. The first kappa shape index (κ1) is 22.8. The molecule has 2 aliphatic heterocycles. The average Bonchev–Trinajstić information content (AvgIpc) is 3.06. The standard InChI is InChI=1S/C25H35N3O4/c1-3-8-17-11-12-19-23-22(24(31)26-13-16-9-6-5-7-10-16)18(15-29)20(14-27(19)25(17)32)28(23)21(30)4-2/h3,8,11-12,16,18,20,22-23,29H,4-7,9-10,13-15H2,1-2H3,(H,26,31)/b8-3+/t18-,20-,22+,23+/m0/s1. The second-order valence-electron chi connectivity index (χ2n) is 9.42. The molecule has 4 rings (SSSR count). The number of hydrogen-bond acceptors (Lipinski definition) is 4. The van der Waals surface area contributed by atoms with E-state index < -0.39 is 17.9 Å². The van der Waals surface area contributed by atoms with Crippen LogP contribution in [-0.4, -0.2) is 45.6 Å². The first-order valence-electron chi connectivity index (χ1n) is 12.1. The van der Waals surface area contributed by atoms with Gasteiger partial charge in [-0.2, -0.15) is 0 Å². The van der Waals surface area contributed by atoms with E-state index in [0.717, 1.165) is 12.8 Å². The van der Waals surface area contributed by atoms with E-state index in [4.69, 9.17) is 0 Å². The predicted molar refractivity (Wildman–Crippen MR) is 123 cm³/mol. The van der Waals surface area contributed by atoms with E-state index in [-0.39, 0.29) is 30.0 Å². The molecule has 1 saturated heterocycles. The number of amides is 2. The van der Waals surface area contributed by atoms with Crippen molar-refractivity contribution >= 4 is 17.9 Å². The van der Waals surface area contributed by atoms with Crippen molar-refractivity contribution in [2.24, 2.45) is 17.8 Å². The highest BCUT2D eigenvalue weighted by Crippen LogP contribution is 2.48. The molecule has 0 radical (unpaired) electrons. The third-order valence-electron chi connectivity index (χ3n) is 7.60. The molecule has 2 fully saturated rings. The van der Waals surface area contributed by atoms with Crippen molar-refractivity contribution in [3.8, 4) is 0 Å². The molecule has 2 bridgehead atoms. The van der Waals surface area contributed by atoms with E-state index in [1.165, 1.54) is 19.3 Å². The van der Waals surface area contributed by atoms with E-state index in [1.807, 2.05) is 26.0 Å². The maximum Gasteiger partial charge on any atom is 0.258 e. The molecule has 2 amide bonds. The molecule has 2 N–H and O–H groups in total. The molecule has 3 aliphatic rings. The third kappa shape index (κ3) is 3.91. The van der Waals surface area contributed by atoms with Gasteiger partial charge >= 0.3 is 0 Å². The second-order valence-corrected chi connectivity index (χ2v) is 9.42. The van der Waals surface area contributed by atoms with E-state index in [9.17, 15) is 19.5 Å². The van der Waals surface area contributed by atoms with Gasteiger partial charge in [-0.25, -0.2) is 0 Å². The topological polar surface area (TPSA) is 91.6 Å². The Hall–Kier alpha value is -2.41. The van der Waals surface area contributed by atoms with Crippen LogP contribution < -0.4 is 10.9 Å². The van der Waals surface area contributed by atoms with Crippen LogP contribution in [0, 0.1) is 17.8 Å². The summed E-state index contributed by atoms with van der Waals surface area (Å²) in [6.07, 6.45) is 9.86. The van der Waals surface area contributed by atoms with Crippen LogP contribution in [-0.2, 0) is 16.1 Å². The number of fused-ring (bicyclic) bond motifs is 4. The molecule has 32 heavy (non-hydrogen) atoms. The van der Waals surface area contributed by atoms with Crippen LogP contribution in [0.2, 0.25) is 0 Å². The minimum absolute atomic E-state index is 0.0442. The zero-order valence-corrected chi connectivity index (χ0v) is 19.1. The molecule has 1 aromatic heterocycles. The largest absolute Gasteiger partial charge is 0.396 e. The molecule has 4 atom stereocenters. The van der Waals surface area contributed by atoms with Crippen molar-refractivity contribution in [3.63, 3.8) is 0 Å². The summed E-state index contributed by atoms with van der Waals surface area (Å²) < 4.78 is 1.71. The van der Waals surface area contributed by atoms with Gasteiger partial charge in [-0.1, -0.05) is 38.3 Å². The summed E-state index contributed by atoms with van der Waals surface area (Å²) in [7, 11) is 0. The zero-order chi connectivity index (χ0) is 22.8. The summed E-state index contributed by atoms with van der Waals surface area (Å²) >= 11 is 0. The Morgan fingerprint density at radius 3 is 2.62 bits per heavy atom. The van der Waals surface area contributed by atoms with E-state index in [1.54, 1.807) is 21.6 Å². The van der Waals surface area contributed by atoms with Crippen molar-refractivity contribution in [1.82, 2.24) is 14.8 Å². The summed E-state index contributed by atoms with van der Waals surface area (Å²) in [6.45, 7) is 4.42. The maximum absolute atomic E-state index is 13.5. The number of hydrogen-bond donors (Lipinski definition) is 2. The van der Waals surface area contributed by atoms with E-state index in [0.29, 0.717) is 36.7 Å². The fourth-order valence-electron chi connectivity index (χ4n) is 6.01. The van der Waals surface area contributed by atoms with Crippen LogP contribution in [0.3, 0.4) is 0 Å². The summed E-state index contributed by atoms with van der Waals surface area (Å²) in [6, 6.07) is 2.74. The Morgan fingerprint density at radius 1 is 1.22 bits per heavy atom. The number of aliphatic hydroxyl groups is 1. The molecular weight excluding hydrogens is 406 g/mol. The van der Waals surface area contributed by atoms with Crippen molar-refractivity contribution < 1.29 is 14.7 Å². The van der Waals surface area contributed by atoms with Gasteiger partial charge in [0.15, 0.2) is 0 Å². The van der Waals surface area contributed by atoms with Gasteiger partial charge in [0, 0.05) is 43.3 Å². The number of aliphatic hydroxyl groups excluding tert-OH is 1. The molecule has 0 aromatic carbocycles. The maximum atomic E-state index is 13.5. The van der Waals surface area contributed by atoms with Crippen molar-refractivity contribution in [1.29, 1.82) is 0 Å². The van der Waals surface area contributed by atoms with Gasteiger partial charge in [0.25, 0.3) is 5.56 Å². The van der Waals surface area contributed by atoms with Gasteiger partial charge in [0.1, 0.15) is 0 Å². The highest BCUT2D eigenvalue weighted by Gasteiger charge is 2.57. The number of pyridine rings is 1. The smallest absolute Gasteiger partial charge is 0.258 e. The molecule has 7 nitrogen and oxygen atoms in total. The molecule has 0 unspecified atom stereocenters. The number of aromatic nitrogens is 1. The number of carbonyl (C=O) groups is 2. The minimum Gasteiger partial charge on any atom is -0.396 e. The lowest BCUT2D eigenvalue weighted by Crippen LogP contribution is -2.49. The van der Waals surface area contributed by atoms with Crippen molar-refractivity contribution in [2.75, 3.05) is 13.2 Å². The first-order chi connectivity index (χ1) is 15.5. The Bertz CT molecular complexity index is 947. The summed E-state index contributed by atoms with van der Waals surface area (Å²) in [5.74, 6) is -0.629.